The number of aliphatic hydroxyl groups excluding tert-OH is 2. The fourth-order valence-corrected chi connectivity index (χ4v) is 3.05. The molecule has 0 amide bonds. The lowest BCUT2D eigenvalue weighted by atomic mass is 10.4. The molecule has 0 bridgehead atoms. The molecule has 0 unspecified atom stereocenters. The molecule has 0 fully saturated rings. The predicted molar refractivity (Wildman–Crippen MR) is 64.7 cm³/mol. The van der Waals surface area contributed by atoms with Gasteiger partial charge in [-0.15, -0.1) is 0 Å². The summed E-state index contributed by atoms with van der Waals surface area (Å²) < 4.78 is 25.7. The predicted octanol–water partition coefficient (Wildman–Crippen LogP) is 0.625. The Labute approximate surface area is 109 Å². The Morgan fingerprint density at radius 3 is 2.00 bits per heavy atom. The Hall–Kier alpha value is -0.370. The number of benzene rings is 1. The molecule has 0 aromatic heterocycles. The lowest BCUT2D eigenvalue weighted by Crippen LogP contribution is -2.39. The summed E-state index contributed by atoms with van der Waals surface area (Å²) in [6, 6.07) is 2.89. The van der Waals surface area contributed by atoms with Crippen molar-refractivity contribution in [1.29, 1.82) is 0 Å². The van der Waals surface area contributed by atoms with Crippen LogP contribution in [0.15, 0.2) is 23.1 Å². The van der Waals surface area contributed by atoms with Crippen molar-refractivity contribution in [3.05, 3.63) is 28.2 Å². The van der Waals surface area contributed by atoms with Gasteiger partial charge in [0.15, 0.2) is 0 Å². The Balaban J connectivity index is 3.04. The van der Waals surface area contributed by atoms with E-state index in [1.54, 1.807) is 0 Å². The maximum Gasteiger partial charge on any atom is 0.241 e. The number of rotatable bonds is 5. The zero-order valence-corrected chi connectivity index (χ0v) is 10.9. The monoisotopic (exact) mass is 299 g/mol. The second-order valence-corrected chi connectivity index (χ2v) is 5.88. The molecule has 17 heavy (non-hydrogen) atoms. The number of nitrogens with one attached hydrogen (secondary N) is 1. The Kier molecular flexibility index (Phi) is 5.18. The molecule has 1 aromatic rings. The average molecular weight is 300 g/mol. The van der Waals surface area contributed by atoms with Crippen LogP contribution >= 0.6 is 23.2 Å². The number of halogens is 2. The Morgan fingerprint density at radius 2 is 1.59 bits per heavy atom. The van der Waals surface area contributed by atoms with E-state index in [1.807, 2.05) is 0 Å². The molecular formula is C9H11Cl2NO4S. The third kappa shape index (κ3) is 4.09. The van der Waals surface area contributed by atoms with Crippen LogP contribution in [0, 0.1) is 0 Å². The van der Waals surface area contributed by atoms with Crippen LogP contribution in [0.4, 0.5) is 0 Å². The van der Waals surface area contributed by atoms with Gasteiger partial charge in [-0.3, -0.25) is 0 Å². The molecule has 0 atom stereocenters. The van der Waals surface area contributed by atoms with Crippen molar-refractivity contribution < 1.29 is 18.6 Å². The maximum absolute atomic E-state index is 11.8. The second-order valence-electron chi connectivity index (χ2n) is 3.29. The van der Waals surface area contributed by atoms with Crippen LogP contribution in [0.1, 0.15) is 0 Å². The van der Waals surface area contributed by atoms with E-state index in [0.717, 1.165) is 0 Å². The van der Waals surface area contributed by atoms with Crippen LogP contribution in [0.2, 0.25) is 10.0 Å². The minimum atomic E-state index is -3.87. The SMILES string of the molecule is O=S(=O)(NC(CO)CO)c1cc(Cl)cc(Cl)c1. The second kappa shape index (κ2) is 5.99. The van der Waals surface area contributed by atoms with Gasteiger partial charge in [0.25, 0.3) is 0 Å². The molecule has 0 aliphatic heterocycles. The van der Waals surface area contributed by atoms with Crippen LogP contribution < -0.4 is 4.72 Å². The number of hydrogen-bond acceptors (Lipinski definition) is 4. The topological polar surface area (TPSA) is 86.6 Å². The van der Waals surface area contributed by atoms with Crippen molar-refractivity contribution in [2.24, 2.45) is 0 Å². The summed E-state index contributed by atoms with van der Waals surface area (Å²) in [5.41, 5.74) is 0. The van der Waals surface area contributed by atoms with Crippen molar-refractivity contribution >= 4 is 33.2 Å². The van der Waals surface area contributed by atoms with Gasteiger partial charge in [-0.05, 0) is 18.2 Å². The van der Waals surface area contributed by atoms with E-state index >= 15 is 0 Å². The molecule has 1 aromatic carbocycles. The summed E-state index contributed by atoms with van der Waals surface area (Å²) in [6.45, 7) is -1.02. The highest BCUT2D eigenvalue weighted by Gasteiger charge is 2.19. The minimum Gasteiger partial charge on any atom is -0.395 e. The summed E-state index contributed by atoms with van der Waals surface area (Å²) >= 11 is 11.4. The van der Waals surface area contributed by atoms with E-state index in [0.29, 0.717) is 0 Å². The largest absolute Gasteiger partial charge is 0.395 e. The van der Waals surface area contributed by atoms with Gasteiger partial charge in [-0.2, -0.15) is 0 Å². The van der Waals surface area contributed by atoms with E-state index in [1.165, 1.54) is 18.2 Å². The molecule has 0 saturated heterocycles. The quantitative estimate of drug-likeness (QED) is 0.744. The summed E-state index contributed by atoms with van der Waals surface area (Å²) in [6.07, 6.45) is 0. The van der Waals surface area contributed by atoms with Crippen molar-refractivity contribution in [3.8, 4) is 0 Å². The highest BCUT2D eigenvalue weighted by molar-refractivity contribution is 7.89. The van der Waals surface area contributed by atoms with Gasteiger partial charge in [0, 0.05) is 10.0 Å². The van der Waals surface area contributed by atoms with E-state index in [-0.39, 0.29) is 14.9 Å². The van der Waals surface area contributed by atoms with Crippen LogP contribution in [-0.4, -0.2) is 37.9 Å². The van der Waals surface area contributed by atoms with Crippen molar-refractivity contribution in [2.75, 3.05) is 13.2 Å². The molecule has 1 rings (SSSR count). The summed E-state index contributed by atoms with van der Waals surface area (Å²) in [7, 11) is -3.87. The Bertz CT molecular complexity index is 468. The van der Waals surface area contributed by atoms with Gasteiger partial charge in [-0.1, -0.05) is 23.2 Å². The molecule has 0 radical (unpaired) electrons. The molecule has 0 heterocycles. The number of sulfonamides is 1. The first-order chi connectivity index (χ1) is 7.89. The first-order valence-electron chi connectivity index (χ1n) is 4.59. The average Bonchev–Trinajstić information content (AvgIpc) is 2.24. The minimum absolute atomic E-state index is 0.123. The molecule has 0 saturated carbocycles. The van der Waals surface area contributed by atoms with Gasteiger partial charge in [0.2, 0.25) is 10.0 Å². The molecular weight excluding hydrogens is 289 g/mol. The van der Waals surface area contributed by atoms with Crippen LogP contribution in [0.5, 0.6) is 0 Å². The normalized spacial score (nSPS) is 12.1. The third-order valence-corrected chi connectivity index (χ3v) is 3.85. The number of aliphatic hydroxyl groups is 2. The molecule has 3 N–H and O–H groups in total. The third-order valence-electron chi connectivity index (χ3n) is 1.91. The molecule has 5 nitrogen and oxygen atoms in total. The van der Waals surface area contributed by atoms with Crippen LogP contribution in [0.25, 0.3) is 0 Å². The van der Waals surface area contributed by atoms with E-state index < -0.39 is 29.3 Å². The standard InChI is InChI=1S/C9H11Cl2NO4S/c10-6-1-7(11)3-9(2-6)17(15,16)12-8(4-13)5-14/h1-3,8,12-14H,4-5H2. The van der Waals surface area contributed by atoms with Gasteiger partial charge < -0.3 is 10.2 Å². The van der Waals surface area contributed by atoms with Crippen molar-refractivity contribution in [2.45, 2.75) is 10.9 Å². The summed E-state index contributed by atoms with van der Waals surface area (Å²) in [4.78, 5) is -0.123. The van der Waals surface area contributed by atoms with Crippen molar-refractivity contribution in [3.63, 3.8) is 0 Å². The smallest absolute Gasteiger partial charge is 0.241 e. The van der Waals surface area contributed by atoms with E-state index in [9.17, 15) is 8.42 Å². The van der Waals surface area contributed by atoms with Crippen molar-refractivity contribution in [1.82, 2.24) is 4.72 Å². The lowest BCUT2D eigenvalue weighted by molar-refractivity contribution is 0.185. The van der Waals surface area contributed by atoms with Gasteiger partial charge in [0.05, 0.1) is 24.2 Å². The molecule has 96 valence electrons. The first-order valence-corrected chi connectivity index (χ1v) is 6.83. The number of hydrogen-bond donors (Lipinski definition) is 3. The fourth-order valence-electron chi connectivity index (χ4n) is 1.10. The van der Waals surface area contributed by atoms with E-state index in [2.05, 4.69) is 4.72 Å². The molecule has 0 spiro atoms. The van der Waals surface area contributed by atoms with Crippen LogP contribution in [0.3, 0.4) is 0 Å². The summed E-state index contributed by atoms with van der Waals surface area (Å²) in [5.74, 6) is 0. The Morgan fingerprint density at radius 1 is 1.12 bits per heavy atom. The van der Waals surface area contributed by atoms with E-state index in [4.69, 9.17) is 33.4 Å². The van der Waals surface area contributed by atoms with Crippen LogP contribution in [-0.2, 0) is 10.0 Å². The first kappa shape index (κ1) is 14.7. The highest BCUT2D eigenvalue weighted by atomic mass is 35.5. The lowest BCUT2D eigenvalue weighted by Gasteiger charge is -2.14. The molecule has 0 aliphatic rings. The van der Waals surface area contributed by atoms with Gasteiger partial charge in [-0.25, -0.2) is 13.1 Å². The van der Waals surface area contributed by atoms with Gasteiger partial charge in [0.1, 0.15) is 0 Å². The zero-order valence-electron chi connectivity index (χ0n) is 8.60. The molecule has 8 heteroatoms. The highest BCUT2D eigenvalue weighted by Crippen LogP contribution is 2.22. The fraction of sp³-hybridized carbons (Fsp3) is 0.333. The maximum atomic E-state index is 11.8. The van der Waals surface area contributed by atoms with Gasteiger partial charge >= 0.3 is 0 Å². The zero-order chi connectivity index (χ0) is 13.1. The summed E-state index contributed by atoms with van der Waals surface area (Å²) in [5, 5.41) is 18.0. The molecule has 0 aliphatic carbocycles.